The number of carbonyl (C=O) groups excluding carboxylic acids is 1. The fourth-order valence-electron chi connectivity index (χ4n) is 4.50. The zero-order chi connectivity index (χ0) is 25.6. The second-order valence-electron chi connectivity index (χ2n) is 10.6. The summed E-state index contributed by atoms with van der Waals surface area (Å²) in [6.07, 6.45) is 3.44. The molecular formula is C25H38F2N4O4. The smallest absolute Gasteiger partial charge is 0.408 e. The van der Waals surface area contributed by atoms with Gasteiger partial charge >= 0.3 is 12.1 Å². The van der Waals surface area contributed by atoms with Crippen molar-refractivity contribution in [2.24, 2.45) is 0 Å². The van der Waals surface area contributed by atoms with E-state index in [1.807, 2.05) is 4.90 Å². The molecule has 0 aromatic carbocycles. The molecule has 1 fully saturated rings. The number of aliphatic carboxylic acids is 1. The van der Waals surface area contributed by atoms with Crippen molar-refractivity contribution in [2.75, 3.05) is 25.0 Å². The Morgan fingerprint density at radius 1 is 1.29 bits per heavy atom. The molecule has 196 valence electrons. The first-order chi connectivity index (χ1) is 16.4. The Bertz CT molecular complexity index is 883. The number of anilines is 1. The Hall–Kier alpha value is -2.49. The molecule has 0 radical (unpaired) electrons. The monoisotopic (exact) mass is 496 g/mol. The van der Waals surface area contributed by atoms with Gasteiger partial charge in [-0.05, 0) is 77.5 Å². The quantitative estimate of drug-likeness (QED) is 0.394. The van der Waals surface area contributed by atoms with E-state index in [9.17, 15) is 23.5 Å². The van der Waals surface area contributed by atoms with Crippen molar-refractivity contribution < 1.29 is 28.2 Å². The maximum Gasteiger partial charge on any atom is 0.408 e. The van der Waals surface area contributed by atoms with Gasteiger partial charge < -0.3 is 20.5 Å². The number of nitrogens with one attached hydrogen (secondary N) is 2. The Kier molecular flexibility index (Phi) is 8.90. The van der Waals surface area contributed by atoms with Crippen LogP contribution in [0.1, 0.15) is 70.6 Å². The van der Waals surface area contributed by atoms with Gasteiger partial charge in [-0.1, -0.05) is 6.07 Å². The third-order valence-corrected chi connectivity index (χ3v) is 6.36. The Morgan fingerprint density at radius 3 is 2.69 bits per heavy atom. The third kappa shape index (κ3) is 8.59. The van der Waals surface area contributed by atoms with Crippen LogP contribution in [0.15, 0.2) is 12.1 Å². The number of alkyl halides is 2. The summed E-state index contributed by atoms with van der Waals surface area (Å²) in [6, 6.07) is 2.73. The summed E-state index contributed by atoms with van der Waals surface area (Å²) in [5.74, 6) is -2.88. The molecule has 0 unspecified atom stereocenters. The van der Waals surface area contributed by atoms with E-state index in [1.165, 1.54) is 5.56 Å². The molecule has 0 saturated heterocycles. The summed E-state index contributed by atoms with van der Waals surface area (Å²) in [7, 11) is 0. The highest BCUT2D eigenvalue weighted by Crippen LogP contribution is 2.40. The van der Waals surface area contributed by atoms with Crippen LogP contribution < -0.4 is 10.6 Å². The summed E-state index contributed by atoms with van der Waals surface area (Å²) in [5.41, 5.74) is 1.50. The number of nitrogens with zero attached hydrogens (tertiary/aromatic N) is 2. The van der Waals surface area contributed by atoms with Gasteiger partial charge in [-0.3, -0.25) is 4.90 Å². The van der Waals surface area contributed by atoms with E-state index < -0.39 is 29.6 Å². The van der Waals surface area contributed by atoms with Crippen molar-refractivity contribution in [3.8, 4) is 0 Å². The van der Waals surface area contributed by atoms with Crippen molar-refractivity contribution in [3.05, 3.63) is 23.4 Å². The Morgan fingerprint density at radius 2 is 2.03 bits per heavy atom. The molecule has 3 rings (SSSR count). The number of amides is 1. The number of hydrogen-bond acceptors (Lipinski definition) is 6. The molecule has 1 aromatic rings. The van der Waals surface area contributed by atoms with Gasteiger partial charge in [0.25, 0.3) is 5.92 Å². The van der Waals surface area contributed by atoms with Crippen LogP contribution in [0, 0.1) is 0 Å². The zero-order valence-electron chi connectivity index (χ0n) is 20.9. The van der Waals surface area contributed by atoms with Crippen LogP contribution in [0.5, 0.6) is 0 Å². The molecule has 0 bridgehead atoms. The standard InChI is InChI=1S/C25H38F2N4O4/c1-24(2,3)35-23(34)30-20(22(32)33)11-14-31(19-15-25(26,27)16-19)13-5-4-8-18-10-9-17-7-6-12-28-21(17)29-18/h9-10,19-20H,4-8,11-16H2,1-3H3,(H,28,29)(H,30,34)(H,32,33)/t20-/m0/s1. The summed E-state index contributed by atoms with van der Waals surface area (Å²) in [6.45, 7) is 6.90. The van der Waals surface area contributed by atoms with E-state index in [0.717, 1.165) is 50.2 Å². The highest BCUT2D eigenvalue weighted by Gasteiger charge is 2.47. The van der Waals surface area contributed by atoms with E-state index >= 15 is 0 Å². The zero-order valence-corrected chi connectivity index (χ0v) is 20.9. The topological polar surface area (TPSA) is 104 Å². The lowest BCUT2D eigenvalue weighted by Gasteiger charge is -2.43. The summed E-state index contributed by atoms with van der Waals surface area (Å²) >= 11 is 0. The molecule has 1 aromatic heterocycles. The number of hydrogen-bond donors (Lipinski definition) is 3. The minimum absolute atomic E-state index is 0.106. The van der Waals surface area contributed by atoms with Crippen LogP contribution in [0.3, 0.4) is 0 Å². The minimum Gasteiger partial charge on any atom is -0.480 e. The number of unbranched alkanes of at least 4 members (excludes halogenated alkanes) is 1. The van der Waals surface area contributed by atoms with Crippen LogP contribution in [-0.4, -0.2) is 70.3 Å². The Labute approximate surface area is 205 Å². The van der Waals surface area contributed by atoms with E-state index in [-0.39, 0.29) is 25.3 Å². The summed E-state index contributed by atoms with van der Waals surface area (Å²) in [4.78, 5) is 30.3. The highest BCUT2D eigenvalue weighted by atomic mass is 19.3. The van der Waals surface area contributed by atoms with Crippen LogP contribution in [0.25, 0.3) is 0 Å². The van der Waals surface area contributed by atoms with Crippen LogP contribution in [-0.2, 0) is 22.4 Å². The molecule has 1 aliphatic carbocycles. The molecule has 1 amide bonds. The lowest BCUT2D eigenvalue weighted by atomic mass is 9.86. The van der Waals surface area contributed by atoms with Crippen molar-refractivity contribution in [1.29, 1.82) is 0 Å². The first-order valence-corrected chi connectivity index (χ1v) is 12.5. The predicted molar refractivity (Wildman–Crippen MR) is 129 cm³/mol. The molecule has 3 N–H and O–H groups in total. The number of pyridine rings is 1. The number of rotatable bonds is 11. The number of halogens is 2. The van der Waals surface area contributed by atoms with E-state index in [2.05, 4.69) is 22.8 Å². The molecule has 0 spiro atoms. The maximum atomic E-state index is 13.5. The number of fused-ring (bicyclic) bond motifs is 1. The summed E-state index contributed by atoms with van der Waals surface area (Å²) < 4.78 is 32.2. The number of ether oxygens (including phenoxy) is 1. The van der Waals surface area contributed by atoms with Gasteiger partial charge in [0.15, 0.2) is 0 Å². The van der Waals surface area contributed by atoms with Gasteiger partial charge in [0, 0.05) is 37.7 Å². The first kappa shape index (κ1) is 27.1. The van der Waals surface area contributed by atoms with Crippen molar-refractivity contribution >= 4 is 17.9 Å². The fourth-order valence-corrected chi connectivity index (χ4v) is 4.50. The van der Waals surface area contributed by atoms with Gasteiger partial charge in [0.05, 0.1) is 0 Å². The normalized spacial score (nSPS) is 18.2. The molecule has 8 nitrogen and oxygen atoms in total. The second-order valence-corrected chi connectivity index (χ2v) is 10.6. The minimum atomic E-state index is -2.66. The molecule has 10 heteroatoms. The van der Waals surface area contributed by atoms with Crippen LogP contribution >= 0.6 is 0 Å². The van der Waals surface area contributed by atoms with Gasteiger partial charge in [-0.25, -0.2) is 23.4 Å². The predicted octanol–water partition coefficient (Wildman–Crippen LogP) is 4.23. The molecule has 1 saturated carbocycles. The van der Waals surface area contributed by atoms with Crippen molar-refractivity contribution in [3.63, 3.8) is 0 Å². The van der Waals surface area contributed by atoms with Crippen LogP contribution in [0.4, 0.5) is 19.4 Å². The van der Waals surface area contributed by atoms with Crippen LogP contribution in [0.2, 0.25) is 0 Å². The van der Waals surface area contributed by atoms with E-state index in [0.29, 0.717) is 13.1 Å². The number of alkyl carbamates (subject to hydrolysis) is 1. The van der Waals surface area contributed by atoms with E-state index in [1.54, 1.807) is 20.8 Å². The number of aryl methyl sites for hydroxylation is 2. The summed E-state index contributed by atoms with van der Waals surface area (Å²) in [5, 5.41) is 15.2. The van der Waals surface area contributed by atoms with Crippen molar-refractivity contribution in [2.45, 2.75) is 95.7 Å². The van der Waals surface area contributed by atoms with Gasteiger partial charge in [-0.2, -0.15) is 0 Å². The van der Waals surface area contributed by atoms with Gasteiger partial charge in [0.1, 0.15) is 17.5 Å². The number of carbonyl (C=O) groups is 2. The molecule has 35 heavy (non-hydrogen) atoms. The number of carboxylic acid groups (broad SMARTS) is 1. The second kappa shape index (κ2) is 11.5. The lowest BCUT2D eigenvalue weighted by Crippen LogP contribution is -2.52. The fraction of sp³-hybridized carbons (Fsp3) is 0.720. The largest absolute Gasteiger partial charge is 0.480 e. The SMILES string of the molecule is CC(C)(C)OC(=O)N[C@@H](CCN(CCCCc1ccc2c(n1)NCCC2)C1CC(F)(F)C1)C(=O)O. The first-order valence-electron chi connectivity index (χ1n) is 12.5. The maximum absolute atomic E-state index is 13.5. The van der Waals surface area contributed by atoms with Crippen molar-refractivity contribution in [1.82, 2.24) is 15.2 Å². The molecular weight excluding hydrogens is 458 g/mol. The third-order valence-electron chi connectivity index (χ3n) is 6.36. The Balaban J connectivity index is 1.50. The van der Waals surface area contributed by atoms with Gasteiger partial charge in [-0.15, -0.1) is 0 Å². The van der Waals surface area contributed by atoms with Gasteiger partial charge in [0.2, 0.25) is 0 Å². The molecule has 2 aliphatic rings. The lowest BCUT2D eigenvalue weighted by molar-refractivity contribution is -0.141. The average Bonchev–Trinajstić information content (AvgIpc) is 2.74. The molecule has 1 aliphatic heterocycles. The highest BCUT2D eigenvalue weighted by molar-refractivity contribution is 5.80. The molecule has 1 atom stereocenters. The number of carboxylic acids is 1. The van der Waals surface area contributed by atoms with E-state index in [4.69, 9.17) is 9.72 Å². The number of aromatic nitrogens is 1. The molecule has 2 heterocycles. The average molecular weight is 497 g/mol.